The summed E-state index contributed by atoms with van der Waals surface area (Å²) < 4.78 is 0. The third kappa shape index (κ3) is 5.38. The van der Waals surface area contributed by atoms with Gasteiger partial charge in [0.05, 0.1) is 5.69 Å². The van der Waals surface area contributed by atoms with Gasteiger partial charge in [-0.2, -0.15) is 0 Å². The van der Waals surface area contributed by atoms with E-state index in [1.807, 2.05) is 36.4 Å². The standard InChI is InChI=1S/C23H21NS2/c1-18-11-9-10-16-22(18)26-23(24-20-12-5-3-6-13-20)19(2)17-25-21-14-7-4-8-15-21/h3-17H,1-2H3/b19-17+,24-23?. The van der Waals surface area contributed by atoms with E-state index in [-0.39, 0.29) is 0 Å². The molecule has 0 atom stereocenters. The summed E-state index contributed by atoms with van der Waals surface area (Å²) in [6, 6.07) is 29.0. The lowest BCUT2D eigenvalue weighted by Gasteiger charge is -2.09. The zero-order chi connectivity index (χ0) is 18.2. The molecule has 0 heterocycles. The van der Waals surface area contributed by atoms with E-state index in [1.165, 1.54) is 15.4 Å². The van der Waals surface area contributed by atoms with Crippen molar-refractivity contribution < 1.29 is 0 Å². The molecule has 1 nitrogen and oxygen atoms in total. The topological polar surface area (TPSA) is 12.4 Å². The Balaban J connectivity index is 1.89. The molecule has 3 aromatic rings. The third-order valence-electron chi connectivity index (χ3n) is 3.74. The van der Waals surface area contributed by atoms with Crippen molar-refractivity contribution in [3.05, 3.63) is 101 Å². The Hall–Kier alpha value is -2.23. The minimum absolute atomic E-state index is 0.973. The van der Waals surface area contributed by atoms with Gasteiger partial charge in [0.15, 0.2) is 0 Å². The second-order valence-electron chi connectivity index (χ2n) is 5.85. The van der Waals surface area contributed by atoms with Gasteiger partial charge in [0.1, 0.15) is 5.04 Å². The van der Waals surface area contributed by atoms with E-state index >= 15 is 0 Å². The van der Waals surface area contributed by atoms with Crippen LogP contribution in [0.4, 0.5) is 5.69 Å². The lowest BCUT2D eigenvalue weighted by Crippen LogP contribution is -1.95. The number of rotatable bonds is 5. The molecule has 0 N–H and O–H groups in total. The maximum Gasteiger partial charge on any atom is 0.105 e. The van der Waals surface area contributed by atoms with Crippen molar-refractivity contribution in [2.24, 2.45) is 4.99 Å². The van der Waals surface area contributed by atoms with E-state index < -0.39 is 0 Å². The Morgan fingerprint density at radius 3 is 2.12 bits per heavy atom. The van der Waals surface area contributed by atoms with Crippen LogP contribution in [0.3, 0.4) is 0 Å². The summed E-state index contributed by atoms with van der Waals surface area (Å²) >= 11 is 3.45. The Bertz CT molecular complexity index is 900. The third-order valence-corrected chi connectivity index (χ3v) is 6.04. The number of para-hydroxylation sites is 1. The number of aliphatic imine (C=N–C) groups is 1. The highest BCUT2D eigenvalue weighted by Crippen LogP contribution is 2.30. The maximum atomic E-state index is 4.91. The van der Waals surface area contributed by atoms with Gasteiger partial charge in [0, 0.05) is 9.79 Å². The average molecular weight is 376 g/mol. The summed E-state index contributed by atoms with van der Waals surface area (Å²) in [4.78, 5) is 7.37. The van der Waals surface area contributed by atoms with Crippen LogP contribution in [0.25, 0.3) is 0 Å². The van der Waals surface area contributed by atoms with Crippen molar-refractivity contribution in [2.45, 2.75) is 23.6 Å². The first kappa shape index (κ1) is 18.6. The van der Waals surface area contributed by atoms with Crippen LogP contribution >= 0.6 is 23.5 Å². The molecule has 0 aromatic heterocycles. The Labute approximate surface area is 164 Å². The van der Waals surface area contributed by atoms with Crippen molar-refractivity contribution in [3.8, 4) is 0 Å². The fourth-order valence-corrected chi connectivity index (χ4v) is 4.06. The molecule has 0 amide bonds. The van der Waals surface area contributed by atoms with E-state index in [4.69, 9.17) is 4.99 Å². The van der Waals surface area contributed by atoms with Crippen LogP contribution in [0.1, 0.15) is 12.5 Å². The van der Waals surface area contributed by atoms with Crippen LogP contribution in [0.15, 0.2) is 111 Å². The van der Waals surface area contributed by atoms with Gasteiger partial charge in [0.2, 0.25) is 0 Å². The van der Waals surface area contributed by atoms with E-state index in [0.29, 0.717) is 0 Å². The van der Waals surface area contributed by atoms with Crippen LogP contribution in [0.5, 0.6) is 0 Å². The molecule has 3 rings (SSSR count). The summed E-state index contributed by atoms with van der Waals surface area (Å²) in [5.41, 5.74) is 3.40. The summed E-state index contributed by atoms with van der Waals surface area (Å²) in [6.07, 6.45) is 0. The predicted molar refractivity (Wildman–Crippen MR) is 117 cm³/mol. The fraction of sp³-hybridized carbons (Fsp3) is 0.0870. The molecular weight excluding hydrogens is 354 g/mol. The maximum absolute atomic E-state index is 4.91. The first-order chi connectivity index (χ1) is 12.7. The molecule has 0 aliphatic rings. The molecule has 0 fully saturated rings. The normalized spacial score (nSPS) is 12.2. The number of hydrogen-bond acceptors (Lipinski definition) is 3. The van der Waals surface area contributed by atoms with Crippen molar-refractivity contribution in [1.82, 2.24) is 0 Å². The van der Waals surface area contributed by atoms with Crippen molar-refractivity contribution in [2.75, 3.05) is 0 Å². The molecule has 130 valence electrons. The Morgan fingerprint density at radius 1 is 0.808 bits per heavy atom. The van der Waals surface area contributed by atoms with Crippen LogP contribution < -0.4 is 0 Å². The molecule has 0 spiro atoms. The van der Waals surface area contributed by atoms with Crippen molar-refractivity contribution in [3.63, 3.8) is 0 Å². The second kappa shape index (κ2) is 9.46. The van der Waals surface area contributed by atoms with Gasteiger partial charge in [-0.3, -0.25) is 0 Å². The summed E-state index contributed by atoms with van der Waals surface area (Å²) in [7, 11) is 0. The highest BCUT2D eigenvalue weighted by atomic mass is 32.2. The largest absolute Gasteiger partial charge is 0.241 e. The number of hydrogen-bond donors (Lipinski definition) is 0. The monoisotopic (exact) mass is 375 g/mol. The molecule has 0 saturated carbocycles. The van der Waals surface area contributed by atoms with Crippen LogP contribution in [0.2, 0.25) is 0 Å². The zero-order valence-corrected chi connectivity index (χ0v) is 16.6. The van der Waals surface area contributed by atoms with E-state index in [9.17, 15) is 0 Å². The highest BCUT2D eigenvalue weighted by Gasteiger charge is 2.08. The van der Waals surface area contributed by atoms with Gasteiger partial charge < -0.3 is 0 Å². The molecule has 3 heteroatoms. The smallest absolute Gasteiger partial charge is 0.105 e. The highest BCUT2D eigenvalue weighted by molar-refractivity contribution is 8.14. The lowest BCUT2D eigenvalue weighted by atomic mass is 10.2. The van der Waals surface area contributed by atoms with Gasteiger partial charge in [-0.05, 0) is 60.7 Å². The van der Waals surface area contributed by atoms with Gasteiger partial charge in [-0.1, -0.05) is 78.1 Å². The van der Waals surface area contributed by atoms with Gasteiger partial charge in [0.25, 0.3) is 0 Å². The minimum Gasteiger partial charge on any atom is -0.241 e. The molecule has 0 bridgehead atoms. The molecule has 0 aliphatic heterocycles. The molecule has 0 unspecified atom stereocenters. The van der Waals surface area contributed by atoms with Crippen LogP contribution in [-0.4, -0.2) is 5.04 Å². The van der Waals surface area contributed by atoms with Crippen LogP contribution in [0, 0.1) is 6.92 Å². The Kier molecular flexibility index (Phi) is 6.75. The van der Waals surface area contributed by atoms with Gasteiger partial charge >= 0.3 is 0 Å². The number of nitrogens with zero attached hydrogens (tertiary/aromatic N) is 1. The lowest BCUT2D eigenvalue weighted by molar-refractivity contribution is 1.31. The predicted octanol–water partition coefficient (Wildman–Crippen LogP) is 7.51. The van der Waals surface area contributed by atoms with Crippen LogP contribution in [-0.2, 0) is 0 Å². The average Bonchev–Trinajstić information content (AvgIpc) is 2.69. The van der Waals surface area contributed by atoms with Crippen molar-refractivity contribution in [1.29, 1.82) is 0 Å². The Morgan fingerprint density at radius 2 is 1.42 bits per heavy atom. The fourth-order valence-electron chi connectivity index (χ4n) is 2.29. The summed E-state index contributed by atoms with van der Waals surface area (Å²) in [6.45, 7) is 4.27. The number of benzene rings is 3. The van der Waals surface area contributed by atoms with Crippen molar-refractivity contribution >= 4 is 34.3 Å². The number of aryl methyl sites for hydroxylation is 1. The first-order valence-corrected chi connectivity index (χ1v) is 10.2. The molecule has 26 heavy (non-hydrogen) atoms. The second-order valence-corrected chi connectivity index (χ2v) is 7.83. The molecule has 0 radical (unpaired) electrons. The summed E-state index contributed by atoms with van der Waals surface area (Å²) in [5.74, 6) is 0. The molecule has 0 saturated heterocycles. The van der Waals surface area contributed by atoms with E-state index in [0.717, 1.165) is 16.3 Å². The van der Waals surface area contributed by atoms with Gasteiger partial charge in [-0.15, -0.1) is 0 Å². The summed E-state index contributed by atoms with van der Waals surface area (Å²) in [5, 5.41) is 3.21. The van der Waals surface area contributed by atoms with E-state index in [2.05, 4.69) is 67.8 Å². The molecule has 0 aliphatic carbocycles. The van der Waals surface area contributed by atoms with Gasteiger partial charge in [-0.25, -0.2) is 4.99 Å². The molecule has 3 aromatic carbocycles. The molecular formula is C23H21NS2. The quantitative estimate of drug-likeness (QED) is 0.260. The number of thioether (sulfide) groups is 2. The zero-order valence-electron chi connectivity index (χ0n) is 14.9. The minimum atomic E-state index is 0.973. The first-order valence-electron chi connectivity index (χ1n) is 8.48. The SMILES string of the molecule is C/C(=C\Sc1ccccc1)C(=Nc1ccccc1)Sc1ccccc1C. The van der Waals surface area contributed by atoms with E-state index in [1.54, 1.807) is 23.5 Å².